The molecule has 2 saturated heterocycles. The molecule has 3 aliphatic rings. The molecular formula is C35H40B2ClNO5. The molecule has 1 unspecified atom stereocenters. The van der Waals surface area contributed by atoms with Gasteiger partial charge in [0.2, 0.25) is 0 Å². The number of halogens is 1. The van der Waals surface area contributed by atoms with Crippen molar-refractivity contribution >= 4 is 47.7 Å². The highest BCUT2D eigenvalue weighted by atomic mass is 35.5. The second-order valence-corrected chi connectivity index (χ2v) is 14.7. The zero-order valence-electron chi connectivity index (χ0n) is 26.9. The SMILES string of the molecule is CC1(C)OB(c2ccc3c(c2)OC(CCc2ccccc2)n2c-3c(Cl)c3cc(B4OC(C)(C)C(C)(C)O4)ccc32)OC1(C)C. The first-order valence-corrected chi connectivity index (χ1v) is 15.9. The molecule has 0 spiro atoms. The normalized spacial score (nSPS) is 22.6. The lowest BCUT2D eigenvalue weighted by Gasteiger charge is -2.32. The first kappa shape index (κ1) is 29.9. The molecule has 44 heavy (non-hydrogen) atoms. The van der Waals surface area contributed by atoms with Crippen molar-refractivity contribution < 1.29 is 23.4 Å². The van der Waals surface area contributed by atoms with E-state index in [0.717, 1.165) is 51.7 Å². The number of benzene rings is 3. The number of fused-ring (bicyclic) bond motifs is 5. The zero-order valence-corrected chi connectivity index (χ0v) is 27.6. The van der Waals surface area contributed by atoms with E-state index in [1.54, 1.807) is 0 Å². The van der Waals surface area contributed by atoms with Crippen LogP contribution in [-0.4, -0.2) is 41.2 Å². The van der Waals surface area contributed by atoms with Crippen molar-refractivity contribution in [2.24, 2.45) is 0 Å². The Balaban J connectivity index is 1.31. The van der Waals surface area contributed by atoms with E-state index < -0.39 is 36.6 Å². The van der Waals surface area contributed by atoms with Crippen molar-refractivity contribution in [3.8, 4) is 17.0 Å². The number of hydrogen-bond donors (Lipinski definition) is 0. The minimum absolute atomic E-state index is 0.260. The topological polar surface area (TPSA) is 51.1 Å². The molecule has 0 N–H and O–H groups in total. The Bertz CT molecular complexity index is 1720. The Morgan fingerprint density at radius 1 is 0.705 bits per heavy atom. The van der Waals surface area contributed by atoms with Gasteiger partial charge in [0, 0.05) is 17.4 Å². The molecule has 0 aliphatic carbocycles. The summed E-state index contributed by atoms with van der Waals surface area (Å²) in [6.07, 6.45) is 1.38. The zero-order chi connectivity index (χ0) is 31.2. The summed E-state index contributed by atoms with van der Waals surface area (Å²) in [5, 5.41) is 1.64. The van der Waals surface area contributed by atoms with Gasteiger partial charge in [-0.2, -0.15) is 0 Å². The minimum atomic E-state index is -0.484. The van der Waals surface area contributed by atoms with Crippen molar-refractivity contribution in [2.45, 2.75) is 96.9 Å². The summed E-state index contributed by atoms with van der Waals surface area (Å²) in [4.78, 5) is 0. The third-order valence-corrected chi connectivity index (χ3v) is 10.7. The predicted molar refractivity (Wildman–Crippen MR) is 178 cm³/mol. The average Bonchev–Trinajstić information content (AvgIpc) is 3.48. The van der Waals surface area contributed by atoms with Gasteiger partial charge in [-0.1, -0.05) is 60.1 Å². The monoisotopic (exact) mass is 611 g/mol. The second-order valence-electron chi connectivity index (χ2n) is 14.3. The number of ether oxygens (including phenoxy) is 1. The summed E-state index contributed by atoms with van der Waals surface area (Å²) in [7, 11) is -0.959. The van der Waals surface area contributed by atoms with E-state index in [1.807, 2.05) is 6.07 Å². The van der Waals surface area contributed by atoms with E-state index in [2.05, 4.69) is 121 Å². The first-order valence-electron chi connectivity index (χ1n) is 15.6. The second kappa shape index (κ2) is 10.1. The summed E-state index contributed by atoms with van der Waals surface area (Å²) in [5.41, 5.74) is 4.32. The van der Waals surface area contributed by atoms with Gasteiger partial charge in [-0.25, -0.2) is 0 Å². The maximum Gasteiger partial charge on any atom is 0.494 e. The van der Waals surface area contributed by atoms with Gasteiger partial charge >= 0.3 is 14.2 Å². The molecule has 4 aromatic rings. The third kappa shape index (κ3) is 4.73. The Labute approximate surface area is 266 Å². The highest BCUT2D eigenvalue weighted by Crippen LogP contribution is 2.48. The maximum atomic E-state index is 7.31. The van der Waals surface area contributed by atoms with Crippen LogP contribution in [0.15, 0.2) is 66.7 Å². The summed E-state index contributed by atoms with van der Waals surface area (Å²) >= 11 is 7.31. The largest absolute Gasteiger partial charge is 0.494 e. The van der Waals surface area contributed by atoms with Crippen LogP contribution >= 0.6 is 11.6 Å². The lowest BCUT2D eigenvalue weighted by Crippen LogP contribution is -2.41. The van der Waals surface area contributed by atoms with Crippen molar-refractivity contribution in [1.29, 1.82) is 0 Å². The molecule has 4 heterocycles. The Kier molecular flexibility index (Phi) is 6.89. The fraction of sp³-hybridized carbons (Fsp3) is 0.429. The molecule has 228 valence electrons. The summed E-state index contributed by atoms with van der Waals surface area (Å²) in [6, 6.07) is 23.0. The molecule has 3 aliphatic heterocycles. The molecule has 0 amide bonds. The fourth-order valence-electron chi connectivity index (χ4n) is 6.25. The van der Waals surface area contributed by atoms with E-state index >= 15 is 0 Å². The van der Waals surface area contributed by atoms with Gasteiger partial charge in [-0.15, -0.1) is 0 Å². The summed E-state index contributed by atoms with van der Waals surface area (Å²) in [6.45, 7) is 16.5. The first-order chi connectivity index (χ1) is 20.7. The van der Waals surface area contributed by atoms with Gasteiger partial charge in [0.1, 0.15) is 5.75 Å². The van der Waals surface area contributed by atoms with Crippen LogP contribution < -0.4 is 15.7 Å². The van der Waals surface area contributed by atoms with Crippen molar-refractivity contribution in [2.75, 3.05) is 0 Å². The lowest BCUT2D eigenvalue weighted by molar-refractivity contribution is 0.00578. The number of rotatable bonds is 5. The molecule has 6 nitrogen and oxygen atoms in total. The van der Waals surface area contributed by atoms with Crippen LogP contribution in [0, 0.1) is 0 Å². The van der Waals surface area contributed by atoms with Gasteiger partial charge in [0.15, 0.2) is 6.23 Å². The van der Waals surface area contributed by atoms with Crippen LogP contribution in [0.5, 0.6) is 5.75 Å². The maximum absolute atomic E-state index is 7.31. The highest BCUT2D eigenvalue weighted by molar-refractivity contribution is 6.63. The van der Waals surface area contributed by atoms with Crippen LogP contribution in [0.4, 0.5) is 0 Å². The van der Waals surface area contributed by atoms with Crippen LogP contribution in [0.2, 0.25) is 5.02 Å². The van der Waals surface area contributed by atoms with E-state index in [4.69, 9.17) is 35.0 Å². The Hall–Kier alpha value is -2.74. The lowest BCUT2D eigenvalue weighted by atomic mass is 9.78. The molecule has 2 fully saturated rings. The molecular weight excluding hydrogens is 571 g/mol. The molecule has 9 heteroatoms. The molecule has 3 aromatic carbocycles. The fourth-order valence-corrected chi connectivity index (χ4v) is 6.59. The number of nitrogens with zero attached hydrogens (tertiary/aromatic N) is 1. The van der Waals surface area contributed by atoms with E-state index in [9.17, 15) is 0 Å². The molecule has 0 bridgehead atoms. The van der Waals surface area contributed by atoms with Gasteiger partial charge < -0.3 is 27.9 Å². The van der Waals surface area contributed by atoms with Gasteiger partial charge in [-0.05, 0) is 96.5 Å². The van der Waals surface area contributed by atoms with Gasteiger partial charge in [-0.3, -0.25) is 0 Å². The molecule has 0 radical (unpaired) electrons. The molecule has 1 aromatic heterocycles. The van der Waals surface area contributed by atoms with Gasteiger partial charge in [0.05, 0.1) is 38.6 Å². The van der Waals surface area contributed by atoms with Crippen molar-refractivity contribution in [3.05, 3.63) is 77.3 Å². The van der Waals surface area contributed by atoms with E-state index in [-0.39, 0.29) is 6.23 Å². The van der Waals surface area contributed by atoms with Crippen LogP contribution in [0.1, 0.15) is 73.6 Å². The van der Waals surface area contributed by atoms with Crippen LogP contribution in [-0.2, 0) is 25.0 Å². The number of aryl methyl sites for hydroxylation is 1. The van der Waals surface area contributed by atoms with Crippen LogP contribution in [0.25, 0.3) is 22.2 Å². The summed E-state index contributed by atoms with van der Waals surface area (Å²) in [5.74, 6) is 0.777. The Morgan fingerprint density at radius 3 is 1.84 bits per heavy atom. The van der Waals surface area contributed by atoms with Crippen molar-refractivity contribution in [1.82, 2.24) is 4.57 Å². The standard InChI is InChI=1S/C35H40B2ClNO5/c1-32(2)33(3,4)42-36(41-32)23-16-18-27-26(20-23)30(38)31-25-17-15-24(37-43-34(5,6)35(7,8)44-37)21-28(25)40-29(39(27)31)19-14-22-12-10-9-11-13-22/h9-13,15-18,20-21,29H,14,19H2,1-8H3. The van der Waals surface area contributed by atoms with Crippen LogP contribution in [0.3, 0.4) is 0 Å². The smallest absolute Gasteiger partial charge is 0.469 e. The number of aromatic nitrogens is 1. The van der Waals surface area contributed by atoms with Gasteiger partial charge in [0.25, 0.3) is 0 Å². The minimum Gasteiger partial charge on any atom is -0.469 e. The van der Waals surface area contributed by atoms with E-state index in [0.29, 0.717) is 5.02 Å². The molecule has 1 atom stereocenters. The molecule has 7 rings (SSSR count). The Morgan fingerprint density at radius 2 is 1.25 bits per heavy atom. The quantitative estimate of drug-likeness (QED) is 0.226. The average molecular weight is 612 g/mol. The summed E-state index contributed by atoms with van der Waals surface area (Å²) < 4.78 is 34.6. The predicted octanol–water partition coefficient (Wildman–Crippen LogP) is 7.08. The molecule has 0 saturated carbocycles. The van der Waals surface area contributed by atoms with E-state index in [1.165, 1.54) is 5.56 Å². The van der Waals surface area contributed by atoms with Crippen molar-refractivity contribution in [3.63, 3.8) is 0 Å². The third-order valence-electron chi connectivity index (χ3n) is 10.4. The number of hydrogen-bond acceptors (Lipinski definition) is 5. The highest BCUT2D eigenvalue weighted by Gasteiger charge is 2.53.